The third-order valence-corrected chi connectivity index (χ3v) is 6.97. The Morgan fingerprint density at radius 3 is 2.50 bits per heavy atom. The van der Waals surface area contributed by atoms with E-state index in [2.05, 4.69) is 0 Å². The van der Waals surface area contributed by atoms with Crippen molar-refractivity contribution >= 4 is 28.5 Å². The van der Waals surface area contributed by atoms with Crippen molar-refractivity contribution in [1.29, 1.82) is 0 Å². The Kier molecular flexibility index (Phi) is 7.68. The summed E-state index contributed by atoms with van der Waals surface area (Å²) < 4.78 is 33.9. The van der Waals surface area contributed by atoms with Gasteiger partial charge < -0.3 is 9.47 Å². The van der Waals surface area contributed by atoms with Gasteiger partial charge in [-0.3, -0.25) is 9.69 Å². The van der Waals surface area contributed by atoms with E-state index in [-0.39, 0.29) is 30.9 Å². The highest BCUT2D eigenvalue weighted by atomic mass is 32.2. The minimum Gasteiger partial charge on any atom is -0.464 e. The number of esters is 1. The lowest BCUT2D eigenvalue weighted by molar-refractivity contribution is -0.152. The Morgan fingerprint density at radius 2 is 1.93 bits per heavy atom. The summed E-state index contributed by atoms with van der Waals surface area (Å²) in [5.74, 6) is 0.380. The number of fused-ring (bicyclic) bond motifs is 1. The second kappa shape index (κ2) is 9.58. The lowest BCUT2D eigenvalue weighted by Crippen LogP contribution is -2.55. The van der Waals surface area contributed by atoms with Crippen molar-refractivity contribution in [2.45, 2.75) is 45.1 Å². The minimum atomic E-state index is -3.54. The van der Waals surface area contributed by atoms with Crippen LogP contribution in [0.4, 0.5) is 4.79 Å². The molecular weight excluding hydrogens is 388 g/mol. The number of ether oxygens (including phenoxy) is 2. The predicted molar refractivity (Wildman–Crippen MR) is 101 cm³/mol. The van der Waals surface area contributed by atoms with Gasteiger partial charge in [0.2, 0.25) is 16.4 Å². The van der Waals surface area contributed by atoms with E-state index in [1.165, 1.54) is 12.0 Å². The molecule has 0 aromatic rings. The molecule has 1 aliphatic carbocycles. The van der Waals surface area contributed by atoms with Crippen LogP contribution in [0.25, 0.3) is 0 Å². The molecule has 0 aromatic heterocycles. The van der Waals surface area contributed by atoms with Gasteiger partial charge in [0.1, 0.15) is 6.04 Å². The number of methoxy groups -OCH3 is 1. The molecule has 0 bridgehead atoms. The number of sulfonamides is 1. The van der Waals surface area contributed by atoms with Crippen LogP contribution in [0.3, 0.4) is 0 Å². The molecule has 0 N–H and O–H groups in total. The number of likely N-dealkylation sites (tertiary alicyclic amines) is 1. The zero-order valence-electron chi connectivity index (χ0n) is 16.7. The number of hydrogen-bond donors (Lipinski definition) is 0. The van der Waals surface area contributed by atoms with E-state index in [0.717, 1.165) is 29.8 Å². The molecule has 1 saturated heterocycles. The van der Waals surface area contributed by atoms with E-state index in [4.69, 9.17) is 9.47 Å². The highest BCUT2D eigenvalue weighted by Crippen LogP contribution is 2.42. The summed E-state index contributed by atoms with van der Waals surface area (Å²) in [7, 11) is -2.24. The molecular formula is C18H30N2O7S. The third-order valence-electron chi connectivity index (χ3n) is 5.85. The normalized spacial score (nSPS) is 27.5. The first-order valence-electron chi connectivity index (χ1n) is 9.64. The first-order valence-corrected chi connectivity index (χ1v) is 11.5. The Hall–Kier alpha value is -1.84. The maximum Gasteiger partial charge on any atom is 0.410 e. The highest BCUT2D eigenvalue weighted by Gasteiger charge is 2.44. The van der Waals surface area contributed by atoms with Gasteiger partial charge in [0, 0.05) is 13.1 Å². The summed E-state index contributed by atoms with van der Waals surface area (Å²) in [4.78, 5) is 37.0. The van der Waals surface area contributed by atoms with Crippen molar-refractivity contribution in [3.63, 3.8) is 0 Å². The summed E-state index contributed by atoms with van der Waals surface area (Å²) >= 11 is 0. The van der Waals surface area contributed by atoms with Gasteiger partial charge in [-0.2, -0.15) is 0 Å². The van der Waals surface area contributed by atoms with E-state index in [9.17, 15) is 22.8 Å². The van der Waals surface area contributed by atoms with Crippen molar-refractivity contribution in [1.82, 2.24) is 9.21 Å². The fourth-order valence-electron chi connectivity index (χ4n) is 4.40. The van der Waals surface area contributed by atoms with Crippen LogP contribution in [0.2, 0.25) is 0 Å². The van der Waals surface area contributed by atoms with Gasteiger partial charge in [0.15, 0.2) is 0 Å². The number of carbonyl (C=O) groups is 3. The Labute approximate surface area is 166 Å². The first kappa shape index (κ1) is 22.4. The molecule has 2 rings (SSSR count). The van der Waals surface area contributed by atoms with Crippen molar-refractivity contribution in [2.24, 2.45) is 17.8 Å². The summed E-state index contributed by atoms with van der Waals surface area (Å²) in [6.45, 7) is 2.59. The highest BCUT2D eigenvalue weighted by molar-refractivity contribution is 7.88. The van der Waals surface area contributed by atoms with Crippen molar-refractivity contribution in [3.8, 4) is 0 Å². The third kappa shape index (κ3) is 5.36. The maximum atomic E-state index is 12.4. The lowest BCUT2D eigenvalue weighted by Gasteiger charge is -2.46. The van der Waals surface area contributed by atoms with Crippen molar-refractivity contribution in [3.05, 3.63) is 0 Å². The Bertz CT molecular complexity index is 681. The summed E-state index contributed by atoms with van der Waals surface area (Å²) in [5, 5.41) is 0. The lowest BCUT2D eigenvalue weighted by atomic mass is 9.68. The molecule has 4 atom stereocenters. The summed E-state index contributed by atoms with van der Waals surface area (Å²) in [6, 6.07) is -0.658. The molecule has 2 aliphatic rings. The van der Waals surface area contributed by atoms with E-state index >= 15 is 0 Å². The molecule has 160 valence electrons. The van der Waals surface area contributed by atoms with Gasteiger partial charge >= 0.3 is 12.1 Å². The smallest absolute Gasteiger partial charge is 0.410 e. The number of rotatable bonds is 7. The Balaban J connectivity index is 2.02. The monoisotopic (exact) mass is 418 g/mol. The number of nitrogens with zero attached hydrogens (tertiary/aromatic N) is 2. The zero-order chi connectivity index (χ0) is 20.9. The van der Waals surface area contributed by atoms with Crippen LogP contribution in [-0.2, 0) is 29.1 Å². The molecule has 0 spiro atoms. The van der Waals surface area contributed by atoms with E-state index in [1.807, 2.05) is 0 Å². The molecule has 2 amide bonds. The predicted octanol–water partition coefficient (Wildman–Crippen LogP) is 1.23. The molecule has 1 saturated carbocycles. The molecule has 1 aliphatic heterocycles. The number of carbonyl (C=O) groups excluding carboxylic acids is 3. The van der Waals surface area contributed by atoms with Crippen molar-refractivity contribution in [2.75, 3.05) is 33.1 Å². The van der Waals surface area contributed by atoms with Crippen LogP contribution < -0.4 is 0 Å². The van der Waals surface area contributed by atoms with Crippen LogP contribution in [0.15, 0.2) is 0 Å². The van der Waals surface area contributed by atoms with Gasteiger partial charge in [0.25, 0.3) is 0 Å². The molecule has 10 heteroatoms. The summed E-state index contributed by atoms with van der Waals surface area (Å²) in [6.07, 6.45) is 4.59. The summed E-state index contributed by atoms with van der Waals surface area (Å²) in [5.41, 5.74) is 0. The maximum absolute atomic E-state index is 12.4. The SMILES string of the molecule is CCOC(=O)C1CC2CC(CCN(C=O)S(C)(=O)=O)CCC2CN1C(=O)OC. The average Bonchev–Trinajstić information content (AvgIpc) is 2.65. The largest absolute Gasteiger partial charge is 0.464 e. The average molecular weight is 419 g/mol. The van der Waals surface area contributed by atoms with Gasteiger partial charge in [0.05, 0.1) is 20.0 Å². The van der Waals surface area contributed by atoms with Gasteiger partial charge in [-0.25, -0.2) is 22.3 Å². The van der Waals surface area contributed by atoms with Gasteiger partial charge in [-0.05, 0) is 50.4 Å². The molecule has 0 aromatic carbocycles. The molecule has 28 heavy (non-hydrogen) atoms. The van der Waals surface area contributed by atoms with Crippen LogP contribution >= 0.6 is 0 Å². The standard InChI is InChI=1S/C18H30N2O7S/c1-4-27-17(22)16-10-15-9-13(7-8-19(12-21)28(3,24)25)5-6-14(15)11-20(16)18(23)26-2/h12-16H,4-11H2,1-3H3. The van der Waals surface area contributed by atoms with Crippen LogP contribution in [0, 0.1) is 17.8 Å². The number of piperidine rings is 1. The molecule has 2 fully saturated rings. The van der Waals surface area contributed by atoms with Crippen LogP contribution in [0.5, 0.6) is 0 Å². The second-order valence-corrected chi connectivity index (χ2v) is 9.53. The second-order valence-electron chi connectivity index (χ2n) is 7.59. The van der Waals surface area contributed by atoms with E-state index in [0.29, 0.717) is 25.8 Å². The minimum absolute atomic E-state index is 0.167. The zero-order valence-corrected chi connectivity index (χ0v) is 17.5. The fraction of sp³-hybridized carbons (Fsp3) is 0.833. The van der Waals surface area contributed by atoms with E-state index in [1.54, 1.807) is 6.92 Å². The topological polar surface area (TPSA) is 110 Å². The molecule has 4 unspecified atom stereocenters. The van der Waals surface area contributed by atoms with Gasteiger partial charge in [-0.15, -0.1) is 0 Å². The van der Waals surface area contributed by atoms with E-state index < -0.39 is 28.1 Å². The first-order chi connectivity index (χ1) is 13.2. The number of amides is 2. The molecule has 9 nitrogen and oxygen atoms in total. The Morgan fingerprint density at radius 1 is 1.21 bits per heavy atom. The molecule has 1 heterocycles. The van der Waals surface area contributed by atoms with Gasteiger partial charge in [-0.1, -0.05) is 6.42 Å². The van der Waals surface area contributed by atoms with Crippen LogP contribution in [-0.4, -0.2) is 75.2 Å². The quantitative estimate of drug-likeness (QED) is 0.452. The number of hydrogen-bond acceptors (Lipinski definition) is 7. The fourth-order valence-corrected chi connectivity index (χ4v) is 4.99. The van der Waals surface area contributed by atoms with Crippen molar-refractivity contribution < 1.29 is 32.3 Å². The molecule has 0 radical (unpaired) electrons. The van der Waals surface area contributed by atoms with Crippen LogP contribution in [0.1, 0.15) is 39.0 Å².